The summed E-state index contributed by atoms with van der Waals surface area (Å²) in [6.07, 6.45) is 15.9. The quantitative estimate of drug-likeness (QED) is 0.639. The summed E-state index contributed by atoms with van der Waals surface area (Å²) in [6.45, 7) is 2.13. The molecule has 0 aliphatic rings. The van der Waals surface area contributed by atoms with E-state index in [-0.39, 0.29) is 5.91 Å². The Morgan fingerprint density at radius 1 is 1.00 bits per heavy atom. The van der Waals surface area contributed by atoms with Crippen molar-refractivity contribution in [3.63, 3.8) is 0 Å². The minimum atomic E-state index is 0.0566. The van der Waals surface area contributed by atoms with E-state index in [4.69, 9.17) is 0 Å². The molecule has 15 heavy (non-hydrogen) atoms. The lowest BCUT2D eigenvalue weighted by molar-refractivity contribution is -0.119. The second kappa shape index (κ2) is 10.8. The fraction of sp³-hybridized carbons (Fsp3) is 0.462. The molecule has 1 N–H and O–H groups in total. The van der Waals surface area contributed by atoms with Gasteiger partial charge in [-0.05, 0) is 19.3 Å². The Labute approximate surface area is 92.8 Å². The van der Waals surface area contributed by atoms with E-state index in [0.717, 1.165) is 19.3 Å². The van der Waals surface area contributed by atoms with Crippen LogP contribution in [-0.4, -0.2) is 13.0 Å². The van der Waals surface area contributed by atoms with Crippen LogP contribution in [0.1, 0.15) is 32.6 Å². The molecule has 0 atom stereocenters. The lowest BCUT2D eigenvalue weighted by atomic mass is 10.2. The van der Waals surface area contributed by atoms with Gasteiger partial charge in [0.1, 0.15) is 0 Å². The zero-order valence-electron chi connectivity index (χ0n) is 9.70. The molecular formula is C13H21NO. The first kappa shape index (κ1) is 13.7. The van der Waals surface area contributed by atoms with E-state index in [2.05, 4.69) is 36.5 Å². The molecular weight excluding hydrogens is 186 g/mol. The molecule has 0 heterocycles. The summed E-state index contributed by atoms with van der Waals surface area (Å²) in [5.74, 6) is 0.0566. The number of hydrogen-bond acceptors (Lipinski definition) is 1. The molecule has 0 aromatic heterocycles. The maximum Gasteiger partial charge on any atom is 0.223 e. The van der Waals surface area contributed by atoms with Gasteiger partial charge in [-0.15, -0.1) is 0 Å². The number of amides is 1. The van der Waals surface area contributed by atoms with E-state index < -0.39 is 0 Å². The van der Waals surface area contributed by atoms with E-state index in [1.807, 2.05) is 12.2 Å². The smallest absolute Gasteiger partial charge is 0.223 e. The van der Waals surface area contributed by atoms with Crippen LogP contribution in [0.4, 0.5) is 0 Å². The lowest BCUT2D eigenvalue weighted by Gasteiger charge is -1.91. The maximum absolute atomic E-state index is 10.8. The maximum atomic E-state index is 10.8. The van der Waals surface area contributed by atoms with Crippen LogP contribution >= 0.6 is 0 Å². The van der Waals surface area contributed by atoms with E-state index in [9.17, 15) is 4.79 Å². The van der Waals surface area contributed by atoms with E-state index in [1.54, 1.807) is 7.05 Å². The van der Waals surface area contributed by atoms with Crippen LogP contribution in [0.3, 0.4) is 0 Å². The average molecular weight is 207 g/mol. The Kier molecular flexibility index (Phi) is 9.83. The van der Waals surface area contributed by atoms with Crippen LogP contribution in [-0.2, 0) is 4.79 Å². The fourth-order valence-corrected chi connectivity index (χ4v) is 1.00. The van der Waals surface area contributed by atoms with Gasteiger partial charge < -0.3 is 5.32 Å². The standard InChI is InChI=1S/C13H21NO/c1-3-4-5-6-7-8-9-10-11-12-13(15)14-2/h4-5,7-8,10-11H,3,6,9,12H2,1-2H3,(H,14,15)/b5-4?,8-7-,11-10-. The van der Waals surface area contributed by atoms with Gasteiger partial charge in [0, 0.05) is 13.5 Å². The van der Waals surface area contributed by atoms with E-state index in [0.29, 0.717) is 6.42 Å². The largest absolute Gasteiger partial charge is 0.359 e. The second-order valence-corrected chi connectivity index (χ2v) is 3.17. The minimum Gasteiger partial charge on any atom is -0.359 e. The number of nitrogens with one attached hydrogen (secondary N) is 1. The summed E-state index contributed by atoms with van der Waals surface area (Å²) >= 11 is 0. The average Bonchev–Trinajstić information content (AvgIpc) is 2.26. The highest BCUT2D eigenvalue weighted by molar-refractivity contribution is 5.76. The minimum absolute atomic E-state index is 0.0566. The molecule has 0 spiro atoms. The van der Waals surface area contributed by atoms with Gasteiger partial charge in [-0.3, -0.25) is 4.79 Å². The highest BCUT2D eigenvalue weighted by Crippen LogP contribution is 1.93. The molecule has 2 nitrogen and oxygen atoms in total. The van der Waals surface area contributed by atoms with Gasteiger partial charge in [-0.25, -0.2) is 0 Å². The normalized spacial score (nSPS) is 11.9. The van der Waals surface area contributed by atoms with Crippen LogP contribution in [0.2, 0.25) is 0 Å². The summed E-state index contributed by atoms with van der Waals surface area (Å²) in [5, 5.41) is 2.57. The SMILES string of the molecule is CCC=CC/C=C\C/C=C\CC(=O)NC. The van der Waals surface area contributed by atoms with Crippen molar-refractivity contribution in [3.05, 3.63) is 36.5 Å². The molecule has 2 heteroatoms. The van der Waals surface area contributed by atoms with Crippen molar-refractivity contribution in [2.24, 2.45) is 0 Å². The van der Waals surface area contributed by atoms with Gasteiger partial charge in [0.25, 0.3) is 0 Å². The molecule has 0 bridgehead atoms. The number of carbonyl (C=O) groups excluding carboxylic acids is 1. The Bertz CT molecular complexity index is 239. The summed E-state index contributed by atoms with van der Waals surface area (Å²) in [6, 6.07) is 0. The Morgan fingerprint density at radius 2 is 1.53 bits per heavy atom. The van der Waals surface area contributed by atoms with Gasteiger partial charge >= 0.3 is 0 Å². The molecule has 0 aliphatic carbocycles. The van der Waals surface area contributed by atoms with Crippen molar-refractivity contribution in [3.8, 4) is 0 Å². The molecule has 84 valence electrons. The fourth-order valence-electron chi connectivity index (χ4n) is 1.00. The molecule has 0 radical (unpaired) electrons. The van der Waals surface area contributed by atoms with Gasteiger partial charge in [0.05, 0.1) is 0 Å². The third kappa shape index (κ3) is 10.6. The van der Waals surface area contributed by atoms with Crippen molar-refractivity contribution in [1.82, 2.24) is 5.32 Å². The lowest BCUT2D eigenvalue weighted by Crippen LogP contribution is -2.15. The van der Waals surface area contributed by atoms with Crippen molar-refractivity contribution in [1.29, 1.82) is 0 Å². The zero-order chi connectivity index (χ0) is 11.4. The molecule has 0 fully saturated rings. The van der Waals surface area contributed by atoms with Crippen LogP contribution < -0.4 is 5.32 Å². The first-order chi connectivity index (χ1) is 7.31. The highest BCUT2D eigenvalue weighted by atomic mass is 16.1. The van der Waals surface area contributed by atoms with Gasteiger partial charge in [-0.1, -0.05) is 43.4 Å². The van der Waals surface area contributed by atoms with E-state index in [1.165, 1.54) is 0 Å². The Morgan fingerprint density at radius 3 is 2.07 bits per heavy atom. The van der Waals surface area contributed by atoms with Crippen LogP contribution in [0, 0.1) is 0 Å². The molecule has 0 unspecified atom stereocenters. The van der Waals surface area contributed by atoms with Gasteiger partial charge in [0.2, 0.25) is 5.91 Å². The van der Waals surface area contributed by atoms with E-state index >= 15 is 0 Å². The molecule has 0 aromatic rings. The van der Waals surface area contributed by atoms with Crippen molar-refractivity contribution >= 4 is 5.91 Å². The number of carbonyl (C=O) groups is 1. The number of allylic oxidation sites excluding steroid dienone is 5. The molecule has 0 saturated heterocycles. The Hall–Kier alpha value is -1.31. The predicted molar refractivity (Wildman–Crippen MR) is 65.6 cm³/mol. The van der Waals surface area contributed by atoms with Crippen molar-refractivity contribution in [2.75, 3.05) is 7.05 Å². The van der Waals surface area contributed by atoms with Crippen LogP contribution in [0.25, 0.3) is 0 Å². The monoisotopic (exact) mass is 207 g/mol. The molecule has 1 amide bonds. The first-order valence-electron chi connectivity index (χ1n) is 5.46. The molecule has 0 rings (SSSR count). The summed E-state index contributed by atoms with van der Waals surface area (Å²) < 4.78 is 0. The number of hydrogen-bond donors (Lipinski definition) is 1. The number of rotatable bonds is 7. The van der Waals surface area contributed by atoms with Crippen molar-refractivity contribution in [2.45, 2.75) is 32.6 Å². The summed E-state index contributed by atoms with van der Waals surface area (Å²) in [4.78, 5) is 10.8. The summed E-state index contributed by atoms with van der Waals surface area (Å²) in [5.41, 5.74) is 0. The third-order valence-electron chi connectivity index (χ3n) is 1.86. The zero-order valence-corrected chi connectivity index (χ0v) is 9.70. The predicted octanol–water partition coefficient (Wildman–Crippen LogP) is 2.98. The second-order valence-electron chi connectivity index (χ2n) is 3.17. The summed E-state index contributed by atoms with van der Waals surface area (Å²) in [7, 11) is 1.65. The third-order valence-corrected chi connectivity index (χ3v) is 1.86. The van der Waals surface area contributed by atoms with Gasteiger partial charge in [-0.2, -0.15) is 0 Å². The Balaban J connectivity index is 3.44. The molecule has 0 saturated carbocycles. The first-order valence-corrected chi connectivity index (χ1v) is 5.46. The topological polar surface area (TPSA) is 29.1 Å². The van der Waals surface area contributed by atoms with Gasteiger partial charge in [0.15, 0.2) is 0 Å². The molecule has 0 aliphatic heterocycles. The van der Waals surface area contributed by atoms with Crippen LogP contribution in [0.15, 0.2) is 36.5 Å². The highest BCUT2D eigenvalue weighted by Gasteiger charge is 1.89. The van der Waals surface area contributed by atoms with Crippen LogP contribution in [0.5, 0.6) is 0 Å². The molecule has 0 aromatic carbocycles. The van der Waals surface area contributed by atoms with Crippen molar-refractivity contribution < 1.29 is 4.79 Å².